The maximum Gasteiger partial charge on any atom is 0.323 e. The van der Waals surface area contributed by atoms with E-state index in [-0.39, 0.29) is 18.6 Å². The Morgan fingerprint density at radius 2 is 1.72 bits per heavy atom. The summed E-state index contributed by atoms with van der Waals surface area (Å²) in [4.78, 5) is 26.5. The SMILES string of the molecule is CCCN(C(=O)N(CC(=O)O)C(C)(C)C)C(C)C. The molecule has 0 rings (SSSR count). The van der Waals surface area contributed by atoms with Gasteiger partial charge in [-0.15, -0.1) is 0 Å². The predicted molar refractivity (Wildman–Crippen MR) is 71.6 cm³/mol. The van der Waals surface area contributed by atoms with Crippen LogP contribution >= 0.6 is 0 Å². The molecule has 0 saturated heterocycles. The summed E-state index contributed by atoms with van der Waals surface area (Å²) in [6, 6.07) is -0.141. The smallest absolute Gasteiger partial charge is 0.323 e. The lowest BCUT2D eigenvalue weighted by molar-refractivity contribution is -0.138. The summed E-state index contributed by atoms with van der Waals surface area (Å²) < 4.78 is 0. The number of hydrogen-bond donors (Lipinski definition) is 1. The van der Waals surface area contributed by atoms with Gasteiger partial charge in [-0.25, -0.2) is 4.79 Å². The number of carboxylic acid groups (broad SMARTS) is 1. The van der Waals surface area contributed by atoms with Crippen molar-refractivity contribution >= 4 is 12.0 Å². The topological polar surface area (TPSA) is 60.9 Å². The molecule has 0 spiro atoms. The minimum absolute atomic E-state index is 0.0658. The van der Waals surface area contributed by atoms with Crippen LogP contribution in [0.25, 0.3) is 0 Å². The number of carbonyl (C=O) groups is 2. The van der Waals surface area contributed by atoms with E-state index in [2.05, 4.69) is 0 Å². The van der Waals surface area contributed by atoms with E-state index < -0.39 is 11.5 Å². The van der Waals surface area contributed by atoms with E-state index in [1.54, 1.807) is 4.90 Å². The Hall–Kier alpha value is -1.26. The van der Waals surface area contributed by atoms with Crippen molar-refractivity contribution in [3.05, 3.63) is 0 Å². The molecule has 18 heavy (non-hydrogen) atoms. The van der Waals surface area contributed by atoms with Crippen molar-refractivity contribution < 1.29 is 14.7 Å². The first-order valence-electron chi connectivity index (χ1n) is 6.41. The molecule has 0 heterocycles. The maximum atomic E-state index is 12.4. The van der Waals surface area contributed by atoms with E-state index in [9.17, 15) is 9.59 Å². The first-order chi connectivity index (χ1) is 8.11. The molecular formula is C13H26N2O3. The maximum absolute atomic E-state index is 12.4. The van der Waals surface area contributed by atoms with E-state index in [0.717, 1.165) is 6.42 Å². The van der Waals surface area contributed by atoms with Crippen LogP contribution in [0, 0.1) is 0 Å². The number of nitrogens with zero attached hydrogens (tertiary/aromatic N) is 2. The predicted octanol–water partition coefficient (Wildman–Crippen LogP) is 2.41. The summed E-state index contributed by atoms with van der Waals surface area (Å²) >= 11 is 0. The Morgan fingerprint density at radius 1 is 1.22 bits per heavy atom. The van der Waals surface area contributed by atoms with Crippen LogP contribution in [-0.2, 0) is 4.79 Å². The van der Waals surface area contributed by atoms with Crippen molar-refractivity contribution in [2.24, 2.45) is 0 Å². The quantitative estimate of drug-likeness (QED) is 0.823. The van der Waals surface area contributed by atoms with Gasteiger partial charge in [-0.3, -0.25) is 4.79 Å². The molecule has 0 aliphatic heterocycles. The molecule has 0 aromatic rings. The molecule has 5 nitrogen and oxygen atoms in total. The first kappa shape index (κ1) is 16.7. The van der Waals surface area contributed by atoms with E-state index in [4.69, 9.17) is 5.11 Å². The monoisotopic (exact) mass is 258 g/mol. The third kappa shape index (κ3) is 4.94. The minimum Gasteiger partial charge on any atom is -0.480 e. The molecule has 0 bridgehead atoms. The molecule has 1 N–H and O–H groups in total. The molecule has 2 amide bonds. The number of hydrogen-bond acceptors (Lipinski definition) is 2. The fourth-order valence-electron chi connectivity index (χ4n) is 1.70. The molecule has 5 heteroatoms. The molecule has 0 aliphatic carbocycles. The lowest BCUT2D eigenvalue weighted by atomic mass is 10.1. The van der Waals surface area contributed by atoms with Gasteiger partial charge >= 0.3 is 12.0 Å². The zero-order valence-electron chi connectivity index (χ0n) is 12.4. The summed E-state index contributed by atoms with van der Waals surface area (Å²) in [5, 5.41) is 8.93. The second-order valence-electron chi connectivity index (χ2n) is 5.72. The van der Waals surface area contributed by atoms with Gasteiger partial charge in [-0.2, -0.15) is 0 Å². The van der Waals surface area contributed by atoms with Crippen LogP contribution in [0.4, 0.5) is 4.79 Å². The van der Waals surface area contributed by atoms with Gasteiger partial charge in [0, 0.05) is 18.1 Å². The third-order valence-corrected chi connectivity index (χ3v) is 2.67. The van der Waals surface area contributed by atoms with Crippen LogP contribution in [0.3, 0.4) is 0 Å². The van der Waals surface area contributed by atoms with Gasteiger partial charge in [0.05, 0.1) is 0 Å². The number of carbonyl (C=O) groups excluding carboxylic acids is 1. The van der Waals surface area contributed by atoms with Gasteiger partial charge in [0.1, 0.15) is 6.54 Å². The second-order valence-corrected chi connectivity index (χ2v) is 5.72. The van der Waals surface area contributed by atoms with E-state index in [1.165, 1.54) is 4.90 Å². The number of amides is 2. The highest BCUT2D eigenvalue weighted by molar-refractivity contribution is 5.81. The van der Waals surface area contributed by atoms with Crippen LogP contribution in [0.1, 0.15) is 48.0 Å². The molecule has 0 aromatic heterocycles. The number of rotatable bonds is 5. The van der Waals surface area contributed by atoms with Crippen LogP contribution in [0.15, 0.2) is 0 Å². The lowest BCUT2D eigenvalue weighted by Gasteiger charge is -2.39. The fourth-order valence-corrected chi connectivity index (χ4v) is 1.70. The average molecular weight is 258 g/mol. The highest BCUT2D eigenvalue weighted by Crippen LogP contribution is 2.17. The fraction of sp³-hybridized carbons (Fsp3) is 0.846. The van der Waals surface area contributed by atoms with Crippen molar-refractivity contribution in [3.8, 4) is 0 Å². The number of aliphatic carboxylic acids is 1. The standard InChI is InChI=1S/C13H26N2O3/c1-7-8-14(10(2)3)12(18)15(9-11(16)17)13(4,5)6/h10H,7-9H2,1-6H3,(H,16,17). The Morgan fingerprint density at radius 3 is 2.00 bits per heavy atom. The Kier molecular flexibility index (Phi) is 6.15. The summed E-state index contributed by atoms with van der Waals surface area (Å²) in [7, 11) is 0. The van der Waals surface area contributed by atoms with Gasteiger partial charge in [-0.05, 0) is 41.0 Å². The summed E-state index contributed by atoms with van der Waals surface area (Å²) in [5.41, 5.74) is -0.504. The molecule has 0 fully saturated rings. The molecule has 0 atom stereocenters. The van der Waals surface area contributed by atoms with Crippen LogP contribution in [0.2, 0.25) is 0 Å². The Bertz CT molecular complexity index is 295. The van der Waals surface area contributed by atoms with E-state index in [0.29, 0.717) is 6.54 Å². The average Bonchev–Trinajstić information content (AvgIpc) is 2.19. The highest BCUT2D eigenvalue weighted by Gasteiger charge is 2.32. The minimum atomic E-state index is -0.988. The van der Waals surface area contributed by atoms with E-state index in [1.807, 2.05) is 41.5 Å². The molecular weight excluding hydrogens is 232 g/mol. The van der Waals surface area contributed by atoms with Crippen LogP contribution < -0.4 is 0 Å². The molecule has 0 aliphatic rings. The first-order valence-corrected chi connectivity index (χ1v) is 6.41. The lowest BCUT2D eigenvalue weighted by Crippen LogP contribution is -2.55. The Balaban J connectivity index is 5.09. The van der Waals surface area contributed by atoms with Crippen molar-refractivity contribution in [2.45, 2.75) is 59.5 Å². The van der Waals surface area contributed by atoms with Crippen LogP contribution in [0.5, 0.6) is 0 Å². The summed E-state index contributed by atoms with van der Waals surface area (Å²) in [5.74, 6) is -0.988. The van der Waals surface area contributed by atoms with Gasteiger partial charge in [-0.1, -0.05) is 6.92 Å². The van der Waals surface area contributed by atoms with E-state index >= 15 is 0 Å². The largest absolute Gasteiger partial charge is 0.480 e. The van der Waals surface area contributed by atoms with Crippen molar-refractivity contribution in [2.75, 3.05) is 13.1 Å². The van der Waals surface area contributed by atoms with Gasteiger partial charge < -0.3 is 14.9 Å². The van der Waals surface area contributed by atoms with Crippen molar-refractivity contribution in [1.29, 1.82) is 0 Å². The number of carboxylic acids is 1. The van der Waals surface area contributed by atoms with Crippen molar-refractivity contribution in [3.63, 3.8) is 0 Å². The second kappa shape index (κ2) is 6.61. The normalized spacial score (nSPS) is 11.5. The summed E-state index contributed by atoms with van der Waals surface area (Å²) in [6.07, 6.45) is 0.856. The van der Waals surface area contributed by atoms with Gasteiger partial charge in [0.15, 0.2) is 0 Å². The molecule has 0 aromatic carbocycles. The highest BCUT2D eigenvalue weighted by atomic mass is 16.4. The third-order valence-electron chi connectivity index (χ3n) is 2.67. The van der Waals surface area contributed by atoms with Gasteiger partial charge in [0.25, 0.3) is 0 Å². The zero-order chi connectivity index (χ0) is 14.5. The van der Waals surface area contributed by atoms with Gasteiger partial charge in [0.2, 0.25) is 0 Å². The summed E-state index contributed by atoms with van der Waals surface area (Å²) in [6.45, 7) is 11.8. The zero-order valence-corrected chi connectivity index (χ0v) is 12.4. The number of urea groups is 1. The van der Waals surface area contributed by atoms with Crippen molar-refractivity contribution in [1.82, 2.24) is 9.80 Å². The molecule has 0 radical (unpaired) electrons. The molecule has 106 valence electrons. The Labute approximate surface area is 110 Å². The van der Waals surface area contributed by atoms with Crippen LogP contribution in [-0.4, -0.2) is 51.6 Å². The molecule has 0 saturated carbocycles. The molecule has 0 unspecified atom stereocenters.